The van der Waals surface area contributed by atoms with E-state index in [1.165, 1.54) is 27.7 Å². The first-order chi connectivity index (χ1) is 66.7. The number of carbonyl (C=O) groups excluding carboxylic acids is 21. The molecule has 816 valence electrons. The molecule has 0 aromatic carbocycles. The maximum atomic E-state index is 14.5. The molecule has 0 saturated heterocycles. The number of rotatable bonds is 68. The molecule has 0 heterocycles. The van der Waals surface area contributed by atoms with Crippen molar-refractivity contribution in [2.75, 3.05) is 26.2 Å². The molecule has 0 aliphatic heterocycles. The molecule has 21 amide bonds. The molecule has 57 heteroatoms. The summed E-state index contributed by atoms with van der Waals surface area (Å²) in [7, 11) is 0. The summed E-state index contributed by atoms with van der Waals surface area (Å²) in [5.41, 5.74) is 21.8. The van der Waals surface area contributed by atoms with E-state index in [1.807, 2.05) is 0 Å². The molecule has 0 aliphatic rings. The Hall–Kier alpha value is -13.7. The number of amides is 21. The number of aliphatic hydroxyl groups is 5. The smallest absolute Gasteiger partial charge is 0.325 e. The van der Waals surface area contributed by atoms with Gasteiger partial charge in [-0.25, -0.2) is 0 Å². The van der Waals surface area contributed by atoms with E-state index in [0.717, 1.165) is 34.6 Å². The molecular weight excluding hydrogens is 1910 g/mol. The van der Waals surface area contributed by atoms with Crippen LogP contribution in [0.3, 0.4) is 0 Å². The Labute approximate surface area is 831 Å². The third kappa shape index (κ3) is 49.3. The quantitative estimate of drug-likeness (QED) is 0.0153. The summed E-state index contributed by atoms with van der Waals surface area (Å²) in [6.45, 7) is 22.9. The van der Waals surface area contributed by atoms with Gasteiger partial charge in [0.05, 0.1) is 63.4 Å². The Bertz CT molecular complexity index is 4440. The lowest BCUT2D eigenvalue weighted by molar-refractivity contribution is -0.142. The molecule has 0 aliphatic carbocycles. The molecule has 0 saturated carbocycles. The number of carbonyl (C=O) groups is 24. The molecule has 0 aromatic rings. The van der Waals surface area contributed by atoms with Gasteiger partial charge in [-0.3, -0.25) is 120 Å². The molecular formula is C87H151N25O32. The van der Waals surface area contributed by atoms with Gasteiger partial charge in [0.2, 0.25) is 124 Å². The van der Waals surface area contributed by atoms with Crippen molar-refractivity contribution < 1.29 is 156 Å². The third-order valence-electron chi connectivity index (χ3n) is 21.6. The number of carboxylic acid groups (broad SMARTS) is 3. The van der Waals surface area contributed by atoms with E-state index < -0.39 is 351 Å². The maximum Gasteiger partial charge on any atom is 0.325 e. The number of guanidine groups is 1. The lowest BCUT2D eigenvalue weighted by Gasteiger charge is -2.31. The molecule has 0 rings (SSSR count). The molecule has 0 spiro atoms. The summed E-state index contributed by atoms with van der Waals surface area (Å²) in [6.07, 6.45) is -12.8. The Balaban J connectivity index is 7.02. The Morgan fingerprint density at radius 1 is 0.299 bits per heavy atom. The minimum Gasteiger partial charge on any atom is -0.481 e. The molecule has 144 heavy (non-hydrogen) atoms. The number of hydrogen-bond acceptors (Lipinski definition) is 31. The lowest BCUT2D eigenvalue weighted by Crippen LogP contribution is -2.63. The largest absolute Gasteiger partial charge is 0.481 e. The SMILES string of the molecule is CC[C@H](C)[C@H](NC(=O)[C@@H](NC(=O)[C@@H](NC(=O)[C@@H](NC(=O)CNC(=O)[C@H](CC(N)=O)NC(=O)[C@H](CCC(=O)O)NC(=O)[C@@H](NC(=O)[C@H](CC(C)C)NC(=O)[C@H](C)NC(=O)[C@H](CC(=O)O)NC(=O)[C@H](CC(N)=O)NC(=O)[C@H](CCCNC(=N)N)NC(=O)[C@H](CC(C)C)NC(=O)[C@H](CC(C)C)NC(=O)[C@H](CC(C)C)NC(=O)[C@@H](NC(=O)CN)[C@@H](C)O)[C@@H](C)O)[C@@H](C)O)C(C)C)[C@@H](C)O)C(=O)N[C@@H](CO)C(=O)N[C@@H](C)C(=O)O. The average Bonchev–Trinajstić information content (AvgIpc) is 0.838. The molecule has 0 bridgehead atoms. The number of aliphatic hydroxyl groups excluding tert-OH is 5. The van der Waals surface area contributed by atoms with Gasteiger partial charge in [0.1, 0.15) is 109 Å². The predicted octanol–water partition coefficient (Wildman–Crippen LogP) is -12.3. The van der Waals surface area contributed by atoms with Crippen LogP contribution in [0.2, 0.25) is 0 Å². The van der Waals surface area contributed by atoms with Gasteiger partial charge in [0.25, 0.3) is 0 Å². The van der Waals surface area contributed by atoms with Gasteiger partial charge < -0.3 is 170 Å². The Morgan fingerprint density at radius 2 is 0.590 bits per heavy atom. The summed E-state index contributed by atoms with van der Waals surface area (Å²) < 4.78 is 0. The van der Waals surface area contributed by atoms with Gasteiger partial charge in [-0.2, -0.15) is 0 Å². The minimum atomic E-state index is -2.19. The molecule has 0 radical (unpaired) electrons. The van der Waals surface area contributed by atoms with Crippen LogP contribution >= 0.6 is 0 Å². The fourth-order valence-corrected chi connectivity index (χ4v) is 13.6. The van der Waals surface area contributed by atoms with Crippen molar-refractivity contribution in [1.82, 2.24) is 106 Å². The van der Waals surface area contributed by atoms with Crippen LogP contribution in [0.5, 0.6) is 0 Å². The first-order valence-corrected chi connectivity index (χ1v) is 46.8. The zero-order valence-corrected chi connectivity index (χ0v) is 84.2. The van der Waals surface area contributed by atoms with Crippen molar-refractivity contribution in [1.29, 1.82) is 5.41 Å². The summed E-state index contributed by atoms with van der Waals surface area (Å²) >= 11 is 0. The van der Waals surface area contributed by atoms with E-state index >= 15 is 0 Å². The first-order valence-electron chi connectivity index (χ1n) is 46.8. The normalized spacial score (nSPS) is 16.1. The van der Waals surface area contributed by atoms with Crippen LogP contribution in [-0.2, 0) is 115 Å². The van der Waals surface area contributed by atoms with Gasteiger partial charge in [0, 0.05) is 13.0 Å². The van der Waals surface area contributed by atoms with Crippen LogP contribution in [0.4, 0.5) is 0 Å². The van der Waals surface area contributed by atoms with E-state index in [0.29, 0.717) is 0 Å². The second kappa shape index (κ2) is 64.8. The average molecular weight is 2060 g/mol. The van der Waals surface area contributed by atoms with E-state index in [4.69, 9.17) is 28.3 Å². The molecule has 57 nitrogen and oxygen atoms in total. The topological polar surface area (TPSA) is 940 Å². The molecule has 0 fully saturated rings. The van der Waals surface area contributed by atoms with Crippen LogP contribution in [0.1, 0.15) is 202 Å². The Kier molecular flexibility index (Phi) is 58.6. The highest BCUT2D eigenvalue weighted by atomic mass is 16.4. The first kappa shape index (κ1) is 130. The van der Waals surface area contributed by atoms with Crippen LogP contribution < -0.4 is 129 Å². The van der Waals surface area contributed by atoms with Crippen molar-refractivity contribution >= 4 is 148 Å². The minimum absolute atomic E-state index is 0.00856. The van der Waals surface area contributed by atoms with E-state index in [2.05, 4.69) is 106 Å². The molecule has 37 N–H and O–H groups in total. The number of carboxylic acids is 3. The second-order valence-electron chi connectivity index (χ2n) is 37.0. The van der Waals surface area contributed by atoms with Crippen molar-refractivity contribution in [3.8, 4) is 0 Å². The third-order valence-corrected chi connectivity index (χ3v) is 21.6. The summed E-state index contributed by atoms with van der Waals surface area (Å²) in [6, 6.07) is -31.7. The molecule has 0 aromatic heterocycles. The van der Waals surface area contributed by atoms with Crippen LogP contribution in [-0.4, -0.2) is 348 Å². The number of hydrogen-bond donors (Lipinski definition) is 33. The van der Waals surface area contributed by atoms with Crippen molar-refractivity contribution in [3.05, 3.63) is 0 Å². The van der Waals surface area contributed by atoms with Gasteiger partial charge in [-0.1, -0.05) is 89.5 Å². The van der Waals surface area contributed by atoms with E-state index in [1.54, 1.807) is 62.3 Å². The fourth-order valence-electron chi connectivity index (χ4n) is 13.6. The maximum absolute atomic E-state index is 14.5. The van der Waals surface area contributed by atoms with Gasteiger partial charge in [0.15, 0.2) is 5.96 Å². The highest BCUT2D eigenvalue weighted by Gasteiger charge is 2.43. The summed E-state index contributed by atoms with van der Waals surface area (Å²) in [4.78, 5) is 324. The van der Waals surface area contributed by atoms with Crippen LogP contribution in [0.15, 0.2) is 0 Å². The monoisotopic (exact) mass is 2060 g/mol. The van der Waals surface area contributed by atoms with E-state index in [9.17, 15) is 156 Å². The van der Waals surface area contributed by atoms with E-state index in [-0.39, 0.29) is 69.2 Å². The highest BCUT2D eigenvalue weighted by molar-refractivity contribution is 6.03. The Morgan fingerprint density at radius 3 is 0.965 bits per heavy atom. The van der Waals surface area contributed by atoms with Crippen molar-refractivity contribution in [2.24, 2.45) is 58.4 Å². The fraction of sp³-hybridized carbons (Fsp3) is 0.713. The molecule has 0 unspecified atom stereocenters. The number of primary amides is 2. The van der Waals surface area contributed by atoms with Gasteiger partial charge in [-0.15, -0.1) is 0 Å². The summed E-state index contributed by atoms with van der Waals surface area (Å²) in [5.74, 6) is -33.3. The van der Waals surface area contributed by atoms with Crippen LogP contribution in [0.25, 0.3) is 0 Å². The predicted molar refractivity (Wildman–Crippen MR) is 508 cm³/mol. The van der Waals surface area contributed by atoms with Crippen molar-refractivity contribution in [3.63, 3.8) is 0 Å². The van der Waals surface area contributed by atoms with Gasteiger partial charge in [-0.05, 0) is 122 Å². The second-order valence-corrected chi connectivity index (χ2v) is 37.0. The van der Waals surface area contributed by atoms with Gasteiger partial charge >= 0.3 is 17.9 Å². The number of nitrogens with two attached hydrogens (primary N) is 4. The van der Waals surface area contributed by atoms with Crippen LogP contribution in [0, 0.1) is 40.9 Å². The van der Waals surface area contributed by atoms with Crippen molar-refractivity contribution in [2.45, 2.75) is 335 Å². The lowest BCUT2D eigenvalue weighted by atomic mass is 9.97. The summed E-state index contributed by atoms with van der Waals surface area (Å²) in [5, 5.41) is 135. The number of aliphatic carboxylic acids is 3. The zero-order valence-electron chi connectivity index (χ0n) is 84.2. The highest BCUT2D eigenvalue weighted by Crippen LogP contribution is 2.18. The zero-order chi connectivity index (χ0) is 111. The molecule has 23 atom stereocenters. The standard InChI is InChI=1S/C87H151N25O32/c1-19-40(12)64(81(138)106-56(34-113)79(136)96-42(14)86(143)144)110-85(142)68(46(18)117)112-80(137)63(39(10)11)109-84(141)66(44(16)115)108-60(121)33-94-70(127)53(29-57(89)118)102-72(129)48(22-23-61(122)123)98-83(140)67(45(17)116)111-78(135)52(28-38(8)9)99-69(126)41(13)95-73(130)55(31-62(124)125)104-77(134)54(30-58(90)119)103-71(128)47(21-20-24-93-87(91)92)97-74(131)49(25-35(2)3)100-75(132)50(26-36(4)5)101-76(133)51(27-37(6)7)105-82(139)65(43(15)114)107-59(120)32-88/h35-56,63-68,113-117H,19-34,88H2,1-18H3,(H2,89,118)(H2,90,119)(H,94,127)(H,95,130)(H,96,136)(H,97,131)(H,98,140)(H,99,126)(H,100,132)(H,101,133)(H,102,129)(H,103,128)(H,104,134)(H,105,139)(H,106,138)(H,107,120)(H,108,121)(H,109,141)(H,110,142)(H,111,135)(H,112,137)(H,122,123)(H,124,125)(H,143,144)(H4,91,92,93)/t40-,41-,42-,43+,44+,45+,46+,47-,48-,49-,50-,51-,52-,53-,54-,55-,56-,63-,64-,65-,66-,67-,68-/m0/s1. The number of nitrogens with one attached hydrogen (secondary N) is 21.